The van der Waals surface area contributed by atoms with Gasteiger partial charge in [-0.2, -0.15) is 0 Å². The summed E-state index contributed by atoms with van der Waals surface area (Å²) >= 11 is 12.0. The van der Waals surface area contributed by atoms with Crippen LogP contribution in [0.2, 0.25) is 5.02 Å². The zero-order valence-corrected chi connectivity index (χ0v) is 10.8. The average molecular weight is 247 g/mol. The molecule has 0 radical (unpaired) electrons. The first-order valence-electron chi connectivity index (χ1n) is 4.99. The van der Waals surface area contributed by atoms with Gasteiger partial charge in [0, 0.05) is 22.4 Å². The summed E-state index contributed by atoms with van der Waals surface area (Å²) < 4.78 is 5.32. The van der Waals surface area contributed by atoms with Gasteiger partial charge in [0.15, 0.2) is 0 Å². The molecular weight excluding hydrogens is 231 g/mol. The third-order valence-electron chi connectivity index (χ3n) is 2.56. The van der Waals surface area contributed by atoms with Gasteiger partial charge in [0.1, 0.15) is 5.75 Å². The Labute approximate surface area is 101 Å². The Morgan fingerprint density at radius 3 is 2.47 bits per heavy atom. The molecule has 0 aliphatic rings. The van der Waals surface area contributed by atoms with E-state index in [1.807, 2.05) is 18.2 Å². The van der Waals surface area contributed by atoms with Gasteiger partial charge in [0.25, 0.3) is 0 Å². The van der Waals surface area contributed by atoms with Gasteiger partial charge >= 0.3 is 0 Å². The van der Waals surface area contributed by atoms with Crippen molar-refractivity contribution in [1.82, 2.24) is 0 Å². The molecule has 0 fully saturated rings. The van der Waals surface area contributed by atoms with Crippen LogP contribution in [0.25, 0.3) is 0 Å². The molecule has 0 heterocycles. The normalized spacial score (nSPS) is 12.9. The zero-order valence-electron chi connectivity index (χ0n) is 9.26. The lowest BCUT2D eigenvalue weighted by molar-refractivity contribution is 0.399. The monoisotopic (exact) mass is 246 g/mol. The van der Waals surface area contributed by atoms with E-state index in [4.69, 9.17) is 27.9 Å². The van der Waals surface area contributed by atoms with E-state index in [2.05, 4.69) is 13.8 Å². The predicted octanol–water partition coefficient (Wildman–Crippen LogP) is 4.33. The number of halogens is 2. The third kappa shape index (κ3) is 3.02. The predicted molar refractivity (Wildman–Crippen MR) is 66.3 cm³/mol. The molecule has 1 aromatic rings. The van der Waals surface area contributed by atoms with Crippen molar-refractivity contribution in [2.75, 3.05) is 13.0 Å². The summed E-state index contributed by atoms with van der Waals surface area (Å²) in [4.78, 5) is 0. The largest absolute Gasteiger partial charge is 0.496 e. The second-order valence-electron chi connectivity index (χ2n) is 3.89. The van der Waals surface area contributed by atoms with Gasteiger partial charge in [0.05, 0.1) is 7.11 Å². The number of benzene rings is 1. The lowest BCUT2D eigenvalue weighted by Crippen LogP contribution is -2.09. The smallest absolute Gasteiger partial charge is 0.122 e. The van der Waals surface area contributed by atoms with Crippen LogP contribution in [0, 0.1) is 5.92 Å². The average Bonchev–Trinajstić information content (AvgIpc) is 2.18. The van der Waals surface area contributed by atoms with Crippen molar-refractivity contribution >= 4 is 23.2 Å². The van der Waals surface area contributed by atoms with Crippen LogP contribution in [0.4, 0.5) is 0 Å². The number of methoxy groups -OCH3 is 1. The SMILES string of the molecule is COc1ccc(Cl)cc1C(CCl)C(C)C. The highest BCUT2D eigenvalue weighted by Crippen LogP contribution is 2.34. The first kappa shape index (κ1) is 12.7. The van der Waals surface area contributed by atoms with Gasteiger partial charge in [0.2, 0.25) is 0 Å². The second kappa shape index (κ2) is 5.62. The third-order valence-corrected chi connectivity index (χ3v) is 3.13. The Kier molecular flexibility index (Phi) is 4.75. The van der Waals surface area contributed by atoms with Gasteiger partial charge in [-0.05, 0) is 24.1 Å². The summed E-state index contributed by atoms with van der Waals surface area (Å²) in [6.07, 6.45) is 0. The van der Waals surface area contributed by atoms with E-state index in [0.717, 1.165) is 16.3 Å². The molecule has 1 rings (SSSR count). The number of rotatable bonds is 4. The van der Waals surface area contributed by atoms with Crippen LogP contribution >= 0.6 is 23.2 Å². The lowest BCUT2D eigenvalue weighted by Gasteiger charge is -2.21. The topological polar surface area (TPSA) is 9.23 Å². The van der Waals surface area contributed by atoms with Crippen LogP contribution in [0.5, 0.6) is 5.75 Å². The lowest BCUT2D eigenvalue weighted by atomic mass is 9.89. The van der Waals surface area contributed by atoms with E-state index >= 15 is 0 Å². The molecule has 0 aromatic heterocycles. The summed E-state index contributed by atoms with van der Waals surface area (Å²) in [7, 11) is 1.67. The van der Waals surface area contributed by atoms with Crippen molar-refractivity contribution in [2.45, 2.75) is 19.8 Å². The Hall–Kier alpha value is -0.400. The Morgan fingerprint density at radius 2 is 2.00 bits per heavy atom. The van der Waals surface area contributed by atoms with Crippen molar-refractivity contribution in [3.63, 3.8) is 0 Å². The van der Waals surface area contributed by atoms with Gasteiger partial charge < -0.3 is 4.74 Å². The van der Waals surface area contributed by atoms with Crippen LogP contribution in [0.1, 0.15) is 25.3 Å². The molecule has 0 aliphatic heterocycles. The van der Waals surface area contributed by atoms with E-state index in [1.54, 1.807) is 7.11 Å². The summed E-state index contributed by atoms with van der Waals surface area (Å²) in [5.74, 6) is 2.18. The van der Waals surface area contributed by atoms with Gasteiger partial charge in [-0.25, -0.2) is 0 Å². The van der Waals surface area contributed by atoms with Crippen LogP contribution < -0.4 is 4.74 Å². The van der Waals surface area contributed by atoms with E-state index in [-0.39, 0.29) is 5.92 Å². The number of alkyl halides is 1. The second-order valence-corrected chi connectivity index (χ2v) is 4.64. The molecule has 0 bridgehead atoms. The maximum absolute atomic E-state index is 5.98. The highest BCUT2D eigenvalue weighted by Gasteiger charge is 2.19. The van der Waals surface area contributed by atoms with E-state index in [1.165, 1.54) is 0 Å². The van der Waals surface area contributed by atoms with E-state index in [9.17, 15) is 0 Å². The van der Waals surface area contributed by atoms with Crippen molar-refractivity contribution in [3.8, 4) is 5.75 Å². The fourth-order valence-electron chi connectivity index (χ4n) is 1.62. The summed E-state index contributed by atoms with van der Waals surface area (Å²) in [5.41, 5.74) is 1.09. The molecule has 3 heteroatoms. The maximum Gasteiger partial charge on any atom is 0.122 e. The Morgan fingerprint density at radius 1 is 1.33 bits per heavy atom. The Bertz CT molecular complexity index is 323. The molecule has 1 aromatic carbocycles. The van der Waals surface area contributed by atoms with Gasteiger partial charge in [-0.15, -0.1) is 11.6 Å². The molecule has 1 nitrogen and oxygen atoms in total. The quantitative estimate of drug-likeness (QED) is 0.719. The summed E-state index contributed by atoms with van der Waals surface area (Å²) in [6, 6.07) is 5.66. The van der Waals surface area contributed by atoms with Crippen molar-refractivity contribution in [2.24, 2.45) is 5.92 Å². The van der Waals surface area contributed by atoms with Crippen molar-refractivity contribution < 1.29 is 4.74 Å². The fourth-order valence-corrected chi connectivity index (χ4v) is 2.32. The van der Waals surface area contributed by atoms with E-state index in [0.29, 0.717) is 11.8 Å². The van der Waals surface area contributed by atoms with Crippen LogP contribution in [0.3, 0.4) is 0 Å². The molecule has 0 aliphatic carbocycles. The summed E-state index contributed by atoms with van der Waals surface area (Å²) in [6.45, 7) is 4.29. The van der Waals surface area contributed by atoms with Crippen molar-refractivity contribution in [1.29, 1.82) is 0 Å². The van der Waals surface area contributed by atoms with E-state index < -0.39 is 0 Å². The minimum absolute atomic E-state index is 0.278. The maximum atomic E-state index is 5.98. The van der Waals surface area contributed by atoms with Crippen LogP contribution in [-0.4, -0.2) is 13.0 Å². The zero-order chi connectivity index (χ0) is 11.4. The molecule has 1 atom stereocenters. The molecule has 0 spiro atoms. The Balaban J connectivity index is 3.13. The van der Waals surface area contributed by atoms with Gasteiger partial charge in [-0.3, -0.25) is 0 Å². The first-order valence-corrected chi connectivity index (χ1v) is 5.90. The molecule has 0 saturated carbocycles. The molecule has 0 amide bonds. The molecule has 1 unspecified atom stereocenters. The van der Waals surface area contributed by atoms with Crippen LogP contribution in [0.15, 0.2) is 18.2 Å². The fraction of sp³-hybridized carbons (Fsp3) is 0.500. The number of ether oxygens (including phenoxy) is 1. The highest BCUT2D eigenvalue weighted by atomic mass is 35.5. The highest BCUT2D eigenvalue weighted by molar-refractivity contribution is 6.30. The number of hydrogen-bond acceptors (Lipinski definition) is 1. The molecule has 15 heavy (non-hydrogen) atoms. The van der Waals surface area contributed by atoms with Crippen molar-refractivity contribution in [3.05, 3.63) is 28.8 Å². The molecule has 0 N–H and O–H groups in total. The van der Waals surface area contributed by atoms with Gasteiger partial charge in [-0.1, -0.05) is 25.4 Å². The molecule has 0 saturated heterocycles. The first-order chi connectivity index (χ1) is 7.10. The molecular formula is C12H16Cl2O. The summed E-state index contributed by atoms with van der Waals surface area (Å²) in [5, 5.41) is 0.724. The van der Waals surface area contributed by atoms with Crippen LogP contribution in [-0.2, 0) is 0 Å². The number of hydrogen-bond donors (Lipinski definition) is 0. The standard InChI is InChI=1S/C12H16Cl2O/c1-8(2)11(7-13)10-6-9(14)4-5-12(10)15-3/h4-6,8,11H,7H2,1-3H3. The minimum Gasteiger partial charge on any atom is -0.496 e. The molecule has 84 valence electrons. The minimum atomic E-state index is 0.278.